The average Bonchev–Trinajstić information content (AvgIpc) is 1.89. The number of rotatable bonds is 1. The van der Waals surface area contributed by atoms with Crippen LogP contribution in [0.2, 0.25) is 0 Å². The molecule has 0 aromatic heterocycles. The van der Waals surface area contributed by atoms with E-state index in [2.05, 4.69) is 0 Å². The van der Waals surface area contributed by atoms with Crippen LogP contribution in [0.15, 0.2) is 0 Å². The number of alkyl halides is 1. The van der Waals surface area contributed by atoms with Crippen molar-refractivity contribution in [3.63, 3.8) is 0 Å². The van der Waals surface area contributed by atoms with E-state index in [4.69, 9.17) is 16.3 Å². The van der Waals surface area contributed by atoms with Gasteiger partial charge >= 0.3 is 0 Å². The molecule has 1 saturated heterocycles. The van der Waals surface area contributed by atoms with E-state index in [1.54, 1.807) is 0 Å². The highest BCUT2D eigenvalue weighted by Gasteiger charge is 2.22. The fourth-order valence-electron chi connectivity index (χ4n) is 0.933. The van der Waals surface area contributed by atoms with Crippen LogP contribution in [-0.2, 0) is 4.74 Å². The van der Waals surface area contributed by atoms with Crippen molar-refractivity contribution in [1.82, 2.24) is 0 Å². The van der Waals surface area contributed by atoms with Crippen LogP contribution < -0.4 is 0 Å². The lowest BCUT2D eigenvalue weighted by Gasteiger charge is -2.25. The molecule has 0 aromatic carbocycles. The van der Waals surface area contributed by atoms with Crippen molar-refractivity contribution in [3.8, 4) is 0 Å². The molecule has 0 spiro atoms. The van der Waals surface area contributed by atoms with Gasteiger partial charge in [-0.2, -0.15) is 0 Å². The molecule has 54 valence electrons. The molecule has 0 aliphatic carbocycles. The monoisotopic (exact) mass is 150 g/mol. The second-order valence-corrected chi connectivity index (χ2v) is 2.65. The molecule has 1 heterocycles. The lowest BCUT2D eigenvalue weighted by molar-refractivity contribution is -0.0269. The first-order valence-electron chi connectivity index (χ1n) is 3.16. The third-order valence-corrected chi connectivity index (χ3v) is 2.03. The smallest absolute Gasteiger partial charge is 0.0623 e. The van der Waals surface area contributed by atoms with Crippen molar-refractivity contribution in [2.75, 3.05) is 19.1 Å². The number of hydrogen-bond donors (Lipinski definition) is 1. The summed E-state index contributed by atoms with van der Waals surface area (Å²) in [5.74, 6) is 0.654. The van der Waals surface area contributed by atoms with Crippen LogP contribution >= 0.6 is 11.6 Å². The third kappa shape index (κ3) is 1.81. The molecule has 0 bridgehead atoms. The second kappa shape index (κ2) is 3.40. The quantitative estimate of drug-likeness (QED) is 0.556. The zero-order valence-electron chi connectivity index (χ0n) is 5.22. The first kappa shape index (κ1) is 7.32. The van der Waals surface area contributed by atoms with Gasteiger partial charge in [0.1, 0.15) is 0 Å². The summed E-state index contributed by atoms with van der Waals surface area (Å²) in [4.78, 5) is 0. The Labute approximate surface area is 59.8 Å². The predicted octanol–water partition coefficient (Wildman–Crippen LogP) is 0.623. The number of ether oxygens (including phenoxy) is 1. The van der Waals surface area contributed by atoms with Crippen molar-refractivity contribution < 1.29 is 9.84 Å². The average molecular weight is 151 g/mol. The predicted molar refractivity (Wildman–Crippen MR) is 35.7 cm³/mol. The molecule has 0 aromatic rings. The summed E-state index contributed by atoms with van der Waals surface area (Å²) in [7, 11) is 0. The molecule has 3 heteroatoms. The molecule has 2 nitrogen and oxygen atoms in total. The van der Waals surface area contributed by atoms with E-state index in [0.717, 1.165) is 6.42 Å². The fraction of sp³-hybridized carbons (Fsp3) is 1.00. The summed E-state index contributed by atoms with van der Waals surface area (Å²) in [6.45, 7) is 1.29. The van der Waals surface area contributed by atoms with Crippen LogP contribution in [0.4, 0.5) is 0 Å². The highest BCUT2D eigenvalue weighted by molar-refractivity contribution is 6.18. The van der Waals surface area contributed by atoms with Crippen molar-refractivity contribution in [1.29, 1.82) is 0 Å². The first-order chi connectivity index (χ1) is 4.34. The molecule has 1 rings (SSSR count). The number of aliphatic hydroxyl groups is 1. The topological polar surface area (TPSA) is 29.5 Å². The standard InChI is InChI=1S/C6H11ClO2/c7-3-5-4-9-2-1-6(5)8/h5-6,8H,1-4H2. The molecule has 0 radical (unpaired) electrons. The minimum absolute atomic E-state index is 0.153. The van der Waals surface area contributed by atoms with E-state index in [1.165, 1.54) is 0 Å². The van der Waals surface area contributed by atoms with E-state index >= 15 is 0 Å². The Hall–Kier alpha value is 0.210. The largest absolute Gasteiger partial charge is 0.393 e. The molecule has 0 amide bonds. The summed E-state index contributed by atoms with van der Waals surface area (Å²) in [6.07, 6.45) is 0.494. The van der Waals surface area contributed by atoms with Crippen LogP contribution in [0.5, 0.6) is 0 Å². The molecule has 2 atom stereocenters. The number of hydrogen-bond acceptors (Lipinski definition) is 2. The van der Waals surface area contributed by atoms with Gasteiger partial charge in [-0.1, -0.05) is 0 Å². The number of aliphatic hydroxyl groups excluding tert-OH is 1. The third-order valence-electron chi connectivity index (χ3n) is 1.63. The maximum atomic E-state index is 9.20. The van der Waals surface area contributed by atoms with Crippen LogP contribution in [0, 0.1) is 5.92 Å². The van der Waals surface area contributed by atoms with Crippen LogP contribution in [0.25, 0.3) is 0 Å². The highest BCUT2D eigenvalue weighted by atomic mass is 35.5. The Morgan fingerprint density at radius 2 is 2.44 bits per heavy atom. The molecule has 1 fully saturated rings. The van der Waals surface area contributed by atoms with Gasteiger partial charge in [-0.15, -0.1) is 11.6 Å². The Kier molecular flexibility index (Phi) is 2.76. The maximum Gasteiger partial charge on any atom is 0.0623 e. The van der Waals surface area contributed by atoms with Crippen LogP contribution in [0.3, 0.4) is 0 Å². The van der Waals surface area contributed by atoms with E-state index in [9.17, 15) is 5.11 Å². The highest BCUT2D eigenvalue weighted by Crippen LogP contribution is 2.15. The summed E-state index contributed by atoms with van der Waals surface area (Å²) < 4.78 is 5.10. The molecule has 1 N–H and O–H groups in total. The van der Waals surface area contributed by atoms with Gasteiger partial charge in [-0.3, -0.25) is 0 Å². The van der Waals surface area contributed by atoms with Crippen LogP contribution in [-0.4, -0.2) is 30.3 Å². The van der Waals surface area contributed by atoms with Crippen molar-refractivity contribution in [2.45, 2.75) is 12.5 Å². The van der Waals surface area contributed by atoms with Gasteiger partial charge in [0.25, 0.3) is 0 Å². The van der Waals surface area contributed by atoms with Crippen LogP contribution in [0.1, 0.15) is 6.42 Å². The Morgan fingerprint density at radius 3 is 2.89 bits per heavy atom. The SMILES string of the molecule is OC1CCOCC1CCl. The maximum absolute atomic E-state index is 9.20. The number of halogens is 1. The Morgan fingerprint density at radius 1 is 1.67 bits per heavy atom. The molecule has 2 unspecified atom stereocenters. The molecule has 1 aliphatic heterocycles. The summed E-state index contributed by atoms with van der Waals surface area (Å²) in [5, 5.41) is 9.20. The van der Waals surface area contributed by atoms with E-state index in [1.807, 2.05) is 0 Å². The summed E-state index contributed by atoms with van der Waals surface area (Å²) >= 11 is 5.54. The van der Waals surface area contributed by atoms with Gasteiger partial charge in [0.05, 0.1) is 12.7 Å². The fourth-order valence-corrected chi connectivity index (χ4v) is 1.23. The van der Waals surface area contributed by atoms with Gasteiger partial charge in [-0.05, 0) is 6.42 Å². The molecular formula is C6H11ClO2. The zero-order valence-corrected chi connectivity index (χ0v) is 5.97. The Balaban J connectivity index is 2.30. The zero-order chi connectivity index (χ0) is 6.69. The van der Waals surface area contributed by atoms with E-state index in [-0.39, 0.29) is 12.0 Å². The van der Waals surface area contributed by atoms with E-state index < -0.39 is 0 Å². The van der Waals surface area contributed by atoms with Gasteiger partial charge in [0, 0.05) is 18.4 Å². The normalized spacial score (nSPS) is 36.7. The van der Waals surface area contributed by atoms with Gasteiger partial charge in [0.15, 0.2) is 0 Å². The summed E-state index contributed by atoms with van der Waals surface area (Å²) in [5.41, 5.74) is 0. The lowest BCUT2D eigenvalue weighted by atomic mass is 10.0. The van der Waals surface area contributed by atoms with Crippen molar-refractivity contribution in [2.24, 2.45) is 5.92 Å². The molecule has 0 saturated carbocycles. The Bertz CT molecular complexity index is 87.1. The molecule has 1 aliphatic rings. The summed E-state index contributed by atoms with van der Waals surface area (Å²) in [6, 6.07) is 0. The minimum atomic E-state index is -0.240. The van der Waals surface area contributed by atoms with Gasteiger partial charge in [-0.25, -0.2) is 0 Å². The minimum Gasteiger partial charge on any atom is -0.393 e. The molecule has 9 heavy (non-hydrogen) atoms. The van der Waals surface area contributed by atoms with Gasteiger partial charge < -0.3 is 9.84 Å². The first-order valence-corrected chi connectivity index (χ1v) is 3.70. The van der Waals surface area contributed by atoms with Gasteiger partial charge in [0.2, 0.25) is 0 Å². The van der Waals surface area contributed by atoms with Crippen molar-refractivity contribution in [3.05, 3.63) is 0 Å². The van der Waals surface area contributed by atoms with E-state index in [0.29, 0.717) is 19.1 Å². The molecular weight excluding hydrogens is 140 g/mol. The second-order valence-electron chi connectivity index (χ2n) is 2.35. The lowest BCUT2D eigenvalue weighted by Crippen LogP contribution is -2.32. The van der Waals surface area contributed by atoms with Crippen molar-refractivity contribution >= 4 is 11.6 Å².